The van der Waals surface area contributed by atoms with Gasteiger partial charge >= 0.3 is 6.18 Å². The molecule has 7 heteroatoms. The summed E-state index contributed by atoms with van der Waals surface area (Å²) < 4.78 is 39.2. The summed E-state index contributed by atoms with van der Waals surface area (Å²) in [7, 11) is 1.21. The lowest BCUT2D eigenvalue weighted by molar-refractivity contribution is -0.158. The van der Waals surface area contributed by atoms with Crippen molar-refractivity contribution in [3.8, 4) is 6.07 Å². The zero-order chi connectivity index (χ0) is 16.0. The van der Waals surface area contributed by atoms with E-state index in [1.165, 1.54) is 37.4 Å². The number of rotatable bonds is 5. The lowest BCUT2D eigenvalue weighted by Gasteiger charge is -2.20. The summed E-state index contributed by atoms with van der Waals surface area (Å²) in [5, 5.41) is 10.9. The Labute approximate surface area is 119 Å². The van der Waals surface area contributed by atoms with E-state index in [1.807, 2.05) is 0 Å². The fourth-order valence-corrected chi connectivity index (χ4v) is 1.85. The van der Waals surface area contributed by atoms with Gasteiger partial charge < -0.3 is 5.32 Å². The molecule has 0 saturated heterocycles. The molecule has 0 aliphatic carbocycles. The number of alkyl halides is 3. The molecule has 1 rings (SSSR count). The number of halogens is 3. The Hall–Kier alpha value is -2.36. The molecular formula is C14H13F3N2O2. The van der Waals surface area contributed by atoms with Crippen LogP contribution in [0.1, 0.15) is 17.9 Å². The lowest BCUT2D eigenvalue weighted by Crippen LogP contribution is -2.34. The molecule has 0 heterocycles. The highest BCUT2D eigenvalue weighted by Crippen LogP contribution is 2.38. The van der Waals surface area contributed by atoms with Crippen molar-refractivity contribution in [1.29, 1.82) is 5.26 Å². The van der Waals surface area contributed by atoms with Gasteiger partial charge in [0, 0.05) is 13.5 Å². The first-order chi connectivity index (χ1) is 9.81. The van der Waals surface area contributed by atoms with Gasteiger partial charge in [0.1, 0.15) is 0 Å². The van der Waals surface area contributed by atoms with Crippen LogP contribution in [0.5, 0.6) is 0 Å². The average Bonchev–Trinajstić information content (AvgIpc) is 2.45. The fourth-order valence-electron chi connectivity index (χ4n) is 1.85. The lowest BCUT2D eigenvalue weighted by atomic mass is 9.89. The van der Waals surface area contributed by atoms with Crippen LogP contribution in [0.2, 0.25) is 0 Å². The third-order valence-corrected chi connectivity index (χ3v) is 2.96. The Morgan fingerprint density at radius 2 is 1.86 bits per heavy atom. The van der Waals surface area contributed by atoms with Gasteiger partial charge in [0.2, 0.25) is 5.91 Å². The number of benzene rings is 1. The Morgan fingerprint density at radius 1 is 1.29 bits per heavy atom. The van der Waals surface area contributed by atoms with E-state index in [0.29, 0.717) is 0 Å². The molecule has 1 aromatic rings. The minimum atomic E-state index is -4.64. The molecule has 1 N–H and O–H groups in total. The summed E-state index contributed by atoms with van der Waals surface area (Å²) in [6, 6.07) is 8.36. The minimum absolute atomic E-state index is 0.0769. The molecule has 0 aliphatic heterocycles. The van der Waals surface area contributed by atoms with Crippen LogP contribution < -0.4 is 5.32 Å². The molecule has 4 nitrogen and oxygen atoms in total. The number of ketones is 1. The van der Waals surface area contributed by atoms with Crippen LogP contribution in [0.15, 0.2) is 30.3 Å². The maximum absolute atomic E-state index is 13.1. The zero-order valence-corrected chi connectivity index (χ0v) is 11.1. The molecule has 0 saturated carbocycles. The van der Waals surface area contributed by atoms with Gasteiger partial charge in [-0.1, -0.05) is 30.3 Å². The number of amides is 1. The van der Waals surface area contributed by atoms with Crippen molar-refractivity contribution in [3.05, 3.63) is 35.9 Å². The SMILES string of the molecule is CNC(=O)[C@H](C#N)C(=O)C[C@@H](c1ccccc1)C(F)(F)F. The number of Topliss-reactive ketones (excluding diaryl/α,β-unsaturated/α-hetero) is 1. The number of carbonyl (C=O) groups is 2. The van der Waals surface area contributed by atoms with E-state index in [1.54, 1.807) is 6.07 Å². The molecule has 2 atom stereocenters. The van der Waals surface area contributed by atoms with Crippen LogP contribution in [-0.2, 0) is 9.59 Å². The van der Waals surface area contributed by atoms with Gasteiger partial charge in [-0.05, 0) is 5.56 Å². The van der Waals surface area contributed by atoms with Gasteiger partial charge in [0.15, 0.2) is 11.7 Å². The molecule has 21 heavy (non-hydrogen) atoms. The molecule has 0 unspecified atom stereocenters. The van der Waals surface area contributed by atoms with E-state index in [2.05, 4.69) is 5.32 Å². The Morgan fingerprint density at radius 3 is 2.29 bits per heavy atom. The quantitative estimate of drug-likeness (QED) is 0.847. The molecule has 0 aromatic heterocycles. The third kappa shape index (κ3) is 4.31. The van der Waals surface area contributed by atoms with Crippen LogP contribution in [0.4, 0.5) is 13.2 Å². The Kier molecular flexibility index (Phi) is 5.47. The molecule has 0 aliphatic rings. The standard InChI is InChI=1S/C14H13F3N2O2/c1-19-13(21)10(8-18)12(20)7-11(14(15,16)17)9-5-3-2-4-6-9/h2-6,10-11H,7H2,1H3,(H,19,21)/t10-,11+/m1/s1. The Balaban J connectivity index is 3.01. The summed E-state index contributed by atoms with van der Waals surface area (Å²) in [5.41, 5.74) is -0.0769. The topological polar surface area (TPSA) is 70.0 Å². The van der Waals surface area contributed by atoms with Crippen LogP contribution in [-0.4, -0.2) is 24.9 Å². The van der Waals surface area contributed by atoms with Crippen LogP contribution in [0.3, 0.4) is 0 Å². The molecule has 112 valence electrons. The molecule has 1 aromatic carbocycles. The van der Waals surface area contributed by atoms with E-state index in [0.717, 1.165) is 0 Å². The number of nitrogens with zero attached hydrogens (tertiary/aromatic N) is 1. The van der Waals surface area contributed by atoms with Gasteiger partial charge in [-0.15, -0.1) is 0 Å². The zero-order valence-electron chi connectivity index (χ0n) is 11.1. The van der Waals surface area contributed by atoms with Crippen LogP contribution in [0.25, 0.3) is 0 Å². The first kappa shape index (κ1) is 16.7. The van der Waals surface area contributed by atoms with Crippen LogP contribution >= 0.6 is 0 Å². The molecule has 0 radical (unpaired) electrons. The van der Waals surface area contributed by atoms with Crippen molar-refractivity contribution in [2.75, 3.05) is 7.05 Å². The number of carbonyl (C=O) groups excluding carboxylic acids is 2. The third-order valence-electron chi connectivity index (χ3n) is 2.96. The van der Waals surface area contributed by atoms with Gasteiger partial charge in [0.25, 0.3) is 0 Å². The normalized spacial score (nSPS) is 13.9. The van der Waals surface area contributed by atoms with E-state index in [9.17, 15) is 22.8 Å². The predicted molar refractivity (Wildman–Crippen MR) is 68.0 cm³/mol. The fraction of sp³-hybridized carbons (Fsp3) is 0.357. The van der Waals surface area contributed by atoms with Crippen molar-refractivity contribution in [1.82, 2.24) is 5.32 Å². The van der Waals surface area contributed by atoms with Gasteiger partial charge in [-0.25, -0.2) is 0 Å². The van der Waals surface area contributed by atoms with Crippen molar-refractivity contribution >= 4 is 11.7 Å². The van der Waals surface area contributed by atoms with Crippen LogP contribution in [0, 0.1) is 17.2 Å². The highest BCUT2D eigenvalue weighted by molar-refractivity contribution is 6.04. The van der Waals surface area contributed by atoms with Gasteiger partial charge in [-0.2, -0.15) is 18.4 Å². The van der Waals surface area contributed by atoms with Crippen molar-refractivity contribution in [2.24, 2.45) is 5.92 Å². The maximum Gasteiger partial charge on any atom is 0.396 e. The molecule has 0 fully saturated rings. The van der Waals surface area contributed by atoms with Crippen molar-refractivity contribution < 1.29 is 22.8 Å². The van der Waals surface area contributed by atoms with Crippen molar-refractivity contribution in [3.63, 3.8) is 0 Å². The van der Waals surface area contributed by atoms with E-state index < -0.39 is 36.1 Å². The minimum Gasteiger partial charge on any atom is -0.358 e. The monoisotopic (exact) mass is 298 g/mol. The van der Waals surface area contributed by atoms with Gasteiger partial charge in [-0.3, -0.25) is 9.59 Å². The second-order valence-electron chi connectivity index (χ2n) is 4.35. The molecule has 0 spiro atoms. The molecule has 1 amide bonds. The summed E-state index contributed by atoms with van der Waals surface area (Å²) in [5.74, 6) is -5.73. The Bertz CT molecular complexity index is 550. The highest BCUT2D eigenvalue weighted by Gasteiger charge is 2.43. The number of hydrogen-bond acceptors (Lipinski definition) is 3. The summed E-state index contributed by atoms with van der Waals surface area (Å²) in [4.78, 5) is 23.1. The summed E-state index contributed by atoms with van der Waals surface area (Å²) >= 11 is 0. The first-order valence-electron chi connectivity index (χ1n) is 6.06. The largest absolute Gasteiger partial charge is 0.396 e. The highest BCUT2D eigenvalue weighted by atomic mass is 19.4. The smallest absolute Gasteiger partial charge is 0.358 e. The van der Waals surface area contributed by atoms with E-state index in [-0.39, 0.29) is 5.56 Å². The number of nitrogens with one attached hydrogen (secondary N) is 1. The first-order valence-corrected chi connectivity index (χ1v) is 6.06. The average molecular weight is 298 g/mol. The molecular weight excluding hydrogens is 285 g/mol. The second-order valence-corrected chi connectivity index (χ2v) is 4.35. The van der Waals surface area contributed by atoms with Gasteiger partial charge in [0.05, 0.1) is 12.0 Å². The number of hydrogen-bond donors (Lipinski definition) is 1. The van der Waals surface area contributed by atoms with E-state index >= 15 is 0 Å². The molecule has 0 bridgehead atoms. The number of nitriles is 1. The maximum atomic E-state index is 13.1. The second kappa shape index (κ2) is 6.88. The van der Waals surface area contributed by atoms with Crippen molar-refractivity contribution in [2.45, 2.75) is 18.5 Å². The summed E-state index contributed by atoms with van der Waals surface area (Å²) in [6.45, 7) is 0. The summed E-state index contributed by atoms with van der Waals surface area (Å²) in [6.07, 6.45) is -5.58. The van der Waals surface area contributed by atoms with E-state index in [4.69, 9.17) is 5.26 Å². The predicted octanol–water partition coefficient (Wildman–Crippen LogP) is 2.18.